The molecule has 0 aromatic heterocycles. The Morgan fingerprint density at radius 1 is 0.472 bits per heavy atom. The molecule has 0 radical (unpaired) electrons. The van der Waals surface area contributed by atoms with Crippen molar-refractivity contribution < 1.29 is 34.2 Å². The second-order valence-corrected chi connectivity index (χ2v) is 10.4. The lowest BCUT2D eigenvalue weighted by Crippen LogP contribution is -2.52. The largest absolute Gasteiger partial charge is 0.481 e. The van der Waals surface area contributed by atoms with E-state index in [0.717, 1.165) is 25.7 Å². The van der Waals surface area contributed by atoms with Gasteiger partial charge in [-0.1, -0.05) is 89.5 Å². The van der Waals surface area contributed by atoms with Gasteiger partial charge in [0.05, 0.1) is 45.4 Å². The van der Waals surface area contributed by atoms with E-state index >= 15 is 0 Å². The van der Waals surface area contributed by atoms with Crippen LogP contribution in [-0.2, 0) is 14.4 Å². The number of carbonyl (C=O) groups is 3. The smallest absolute Gasteiger partial charge is 0.309 e. The van der Waals surface area contributed by atoms with Gasteiger partial charge in [0.1, 0.15) is 0 Å². The molecule has 0 aromatic carbocycles. The summed E-state index contributed by atoms with van der Waals surface area (Å²) in [4.78, 5) is 33.4. The molecular weight excluding hydrogens is 458 g/mol. The number of nitrogens with zero attached hydrogens (tertiary/aromatic N) is 1. The number of allylic oxidation sites excluding steroid dienone is 1. The van der Waals surface area contributed by atoms with Crippen LogP contribution < -0.4 is 0 Å². The Kier molecular flexibility index (Phi) is 22.3. The van der Waals surface area contributed by atoms with Crippen LogP contribution in [0.5, 0.6) is 0 Å². The highest BCUT2D eigenvalue weighted by atomic mass is 16.4. The van der Waals surface area contributed by atoms with Crippen molar-refractivity contribution in [3.8, 4) is 0 Å². The van der Waals surface area contributed by atoms with Gasteiger partial charge in [0.25, 0.3) is 0 Å². The Morgan fingerprint density at radius 2 is 0.750 bits per heavy atom. The number of carboxylic acid groups (broad SMARTS) is 3. The van der Waals surface area contributed by atoms with Crippen LogP contribution in [0.15, 0.2) is 12.7 Å². The van der Waals surface area contributed by atoms with Crippen molar-refractivity contribution in [3.05, 3.63) is 12.7 Å². The molecule has 0 fully saturated rings. The fourth-order valence-electron chi connectivity index (χ4n) is 4.88. The molecule has 0 aromatic rings. The molecule has 0 unspecified atom stereocenters. The maximum Gasteiger partial charge on any atom is 0.309 e. The Bertz CT molecular complexity index is 547. The molecule has 0 saturated carbocycles. The molecule has 0 aliphatic heterocycles. The first kappa shape index (κ1) is 34.1. The van der Waals surface area contributed by atoms with Crippen LogP contribution in [0.2, 0.25) is 0 Å². The second-order valence-electron chi connectivity index (χ2n) is 10.4. The summed E-state index contributed by atoms with van der Waals surface area (Å²) in [5, 5.41) is 27.3. The van der Waals surface area contributed by atoms with Crippen LogP contribution in [0, 0.1) is 0 Å². The minimum Gasteiger partial charge on any atom is -0.481 e. The SMILES string of the molecule is C=CCCCCCCCCCCCCCCCCCC[N+](CCC(=O)O)(CCC(=O)O)CCC(=O)O. The summed E-state index contributed by atoms with van der Waals surface area (Å²) in [6, 6.07) is 0. The van der Waals surface area contributed by atoms with E-state index in [-0.39, 0.29) is 43.4 Å². The third-order valence-corrected chi connectivity index (χ3v) is 7.19. The normalized spacial score (nSPS) is 11.4. The van der Waals surface area contributed by atoms with E-state index in [0.29, 0.717) is 6.54 Å². The van der Waals surface area contributed by atoms with E-state index in [4.69, 9.17) is 15.3 Å². The number of rotatable bonds is 28. The first-order valence-corrected chi connectivity index (χ1v) is 14.4. The van der Waals surface area contributed by atoms with Crippen LogP contribution >= 0.6 is 0 Å². The van der Waals surface area contributed by atoms with Crippen molar-refractivity contribution in [1.82, 2.24) is 0 Å². The molecule has 0 rings (SSSR count). The molecular formula is C29H54NO6+. The van der Waals surface area contributed by atoms with E-state index in [9.17, 15) is 14.4 Å². The Balaban J connectivity index is 3.94. The van der Waals surface area contributed by atoms with Crippen molar-refractivity contribution in [3.63, 3.8) is 0 Å². The molecule has 0 amide bonds. The van der Waals surface area contributed by atoms with Crippen LogP contribution in [0.4, 0.5) is 0 Å². The summed E-state index contributed by atoms with van der Waals surface area (Å²) < 4.78 is 0.264. The molecule has 7 nitrogen and oxygen atoms in total. The lowest BCUT2D eigenvalue weighted by molar-refractivity contribution is -0.927. The Morgan fingerprint density at radius 3 is 1.03 bits per heavy atom. The predicted octanol–water partition coefficient (Wildman–Crippen LogP) is 7.05. The quantitative estimate of drug-likeness (QED) is 0.0588. The standard InChI is InChI=1S/C29H53NO6/c1-2-3-4-5-6-7-8-9-10-11-12-13-14-15-16-17-18-19-23-30(24-20-27(31)32,25-21-28(33)34)26-22-29(35)36/h2H,1,3-26H2,(H2-,31,32,33,34,35,36)/p+1. The zero-order chi connectivity index (χ0) is 26.9. The van der Waals surface area contributed by atoms with Gasteiger partial charge in [-0.15, -0.1) is 6.58 Å². The molecule has 210 valence electrons. The first-order chi connectivity index (χ1) is 17.3. The average molecular weight is 513 g/mol. The van der Waals surface area contributed by atoms with Crippen molar-refractivity contribution in [2.45, 2.75) is 128 Å². The number of unbranched alkanes of at least 4 members (excludes halogenated alkanes) is 16. The van der Waals surface area contributed by atoms with E-state index in [2.05, 4.69) is 6.58 Å². The van der Waals surface area contributed by atoms with Crippen LogP contribution in [0.25, 0.3) is 0 Å². The third kappa shape index (κ3) is 22.6. The number of carboxylic acids is 3. The molecule has 36 heavy (non-hydrogen) atoms. The molecule has 0 atom stereocenters. The summed E-state index contributed by atoms with van der Waals surface area (Å²) in [6.07, 6.45) is 23.1. The minimum atomic E-state index is -0.932. The van der Waals surface area contributed by atoms with Gasteiger partial charge in [0.2, 0.25) is 0 Å². The van der Waals surface area contributed by atoms with Crippen LogP contribution in [0.3, 0.4) is 0 Å². The predicted molar refractivity (Wildman–Crippen MR) is 145 cm³/mol. The number of quaternary nitrogens is 1. The van der Waals surface area contributed by atoms with E-state index in [1.54, 1.807) is 0 Å². The summed E-state index contributed by atoms with van der Waals surface area (Å²) in [5.41, 5.74) is 0. The number of hydrogen-bond donors (Lipinski definition) is 3. The summed E-state index contributed by atoms with van der Waals surface area (Å²) in [6.45, 7) is 5.26. The van der Waals surface area contributed by atoms with Crippen molar-refractivity contribution in [2.75, 3.05) is 26.2 Å². The topological polar surface area (TPSA) is 112 Å². The highest BCUT2D eigenvalue weighted by molar-refractivity contribution is 5.67. The Labute approximate surface area is 219 Å². The molecule has 7 heteroatoms. The van der Waals surface area contributed by atoms with Gasteiger partial charge in [-0.05, 0) is 25.7 Å². The van der Waals surface area contributed by atoms with Gasteiger partial charge >= 0.3 is 17.9 Å². The first-order valence-electron chi connectivity index (χ1n) is 14.4. The molecule has 0 saturated heterocycles. The summed E-state index contributed by atoms with van der Waals surface area (Å²) in [7, 11) is 0. The fourth-order valence-corrected chi connectivity index (χ4v) is 4.88. The van der Waals surface area contributed by atoms with Crippen LogP contribution in [-0.4, -0.2) is 63.9 Å². The van der Waals surface area contributed by atoms with Gasteiger partial charge in [-0.25, -0.2) is 0 Å². The summed E-state index contributed by atoms with van der Waals surface area (Å²) in [5.74, 6) is -2.80. The lowest BCUT2D eigenvalue weighted by Gasteiger charge is -2.38. The Hall–Kier alpha value is -1.89. The molecule has 0 bridgehead atoms. The third-order valence-electron chi connectivity index (χ3n) is 7.19. The van der Waals surface area contributed by atoms with E-state index in [1.165, 1.54) is 83.5 Å². The molecule has 0 heterocycles. The van der Waals surface area contributed by atoms with Gasteiger partial charge in [0, 0.05) is 0 Å². The van der Waals surface area contributed by atoms with Crippen molar-refractivity contribution in [2.24, 2.45) is 0 Å². The fraction of sp³-hybridized carbons (Fsp3) is 0.828. The monoisotopic (exact) mass is 512 g/mol. The van der Waals surface area contributed by atoms with Crippen LogP contribution in [0.1, 0.15) is 128 Å². The van der Waals surface area contributed by atoms with Gasteiger partial charge in [-0.2, -0.15) is 0 Å². The molecule has 0 aliphatic rings. The molecule has 3 N–H and O–H groups in total. The zero-order valence-electron chi connectivity index (χ0n) is 22.8. The molecule has 0 spiro atoms. The van der Waals surface area contributed by atoms with Gasteiger partial charge in [-0.3, -0.25) is 14.4 Å². The highest BCUT2D eigenvalue weighted by Gasteiger charge is 2.29. The number of hydrogen-bond acceptors (Lipinski definition) is 3. The second kappa shape index (κ2) is 23.5. The maximum absolute atomic E-state index is 11.1. The van der Waals surface area contributed by atoms with Gasteiger partial charge in [0.15, 0.2) is 0 Å². The van der Waals surface area contributed by atoms with Gasteiger partial charge < -0.3 is 19.8 Å². The van der Waals surface area contributed by atoms with Crippen molar-refractivity contribution >= 4 is 17.9 Å². The van der Waals surface area contributed by atoms with E-state index in [1.807, 2.05) is 6.08 Å². The number of aliphatic carboxylic acids is 3. The lowest BCUT2D eigenvalue weighted by atomic mass is 10.0. The highest BCUT2D eigenvalue weighted by Crippen LogP contribution is 2.17. The molecule has 0 aliphatic carbocycles. The summed E-state index contributed by atoms with van der Waals surface area (Å²) >= 11 is 0. The average Bonchev–Trinajstić information content (AvgIpc) is 2.83. The van der Waals surface area contributed by atoms with Crippen molar-refractivity contribution in [1.29, 1.82) is 0 Å². The minimum absolute atomic E-state index is 0.0741. The van der Waals surface area contributed by atoms with E-state index < -0.39 is 17.9 Å². The maximum atomic E-state index is 11.1. The zero-order valence-corrected chi connectivity index (χ0v) is 22.8.